The van der Waals surface area contributed by atoms with E-state index in [-0.39, 0.29) is 11.7 Å². The molecular weight excluding hydrogens is 342 g/mol. The summed E-state index contributed by atoms with van der Waals surface area (Å²) >= 11 is 2.76. The Morgan fingerprint density at radius 1 is 1.29 bits per heavy atom. The maximum atomic E-state index is 12.1. The van der Waals surface area contributed by atoms with Gasteiger partial charge in [0.05, 0.1) is 10.6 Å². The minimum Gasteiger partial charge on any atom is -0.410 e. The van der Waals surface area contributed by atoms with Gasteiger partial charge in [-0.2, -0.15) is 0 Å². The van der Waals surface area contributed by atoms with E-state index < -0.39 is 0 Å². The predicted molar refractivity (Wildman–Crippen MR) is 97.5 cm³/mol. The Balaban J connectivity index is 1.55. The van der Waals surface area contributed by atoms with E-state index in [0.717, 1.165) is 10.6 Å². The molecule has 0 saturated carbocycles. The summed E-state index contributed by atoms with van der Waals surface area (Å²) in [7, 11) is 0. The summed E-state index contributed by atoms with van der Waals surface area (Å²) in [6.07, 6.45) is 0. The molecule has 3 aromatic rings. The van der Waals surface area contributed by atoms with Gasteiger partial charge in [-0.25, -0.2) is 0 Å². The first-order valence-corrected chi connectivity index (χ1v) is 9.38. The van der Waals surface area contributed by atoms with Gasteiger partial charge in [-0.05, 0) is 35.1 Å². The van der Waals surface area contributed by atoms with Crippen LogP contribution in [0.5, 0.6) is 0 Å². The number of carbonyl (C=O) groups excluding carboxylic acids is 1. The molecule has 0 aliphatic carbocycles. The molecule has 0 unspecified atom stereocenters. The van der Waals surface area contributed by atoms with Crippen molar-refractivity contribution in [1.29, 1.82) is 0 Å². The summed E-state index contributed by atoms with van der Waals surface area (Å²) in [5, 5.41) is 13.2. The number of amides is 1. The number of anilines is 1. The van der Waals surface area contributed by atoms with Crippen LogP contribution in [0.3, 0.4) is 0 Å². The van der Waals surface area contributed by atoms with E-state index in [2.05, 4.69) is 35.4 Å². The molecule has 0 bridgehead atoms. The van der Waals surface area contributed by atoms with Crippen LogP contribution < -0.4 is 5.32 Å². The molecule has 5 nitrogen and oxygen atoms in total. The number of hydrogen-bond donors (Lipinski definition) is 1. The molecule has 0 saturated heterocycles. The largest absolute Gasteiger partial charge is 0.410 e. The van der Waals surface area contributed by atoms with Gasteiger partial charge in [-0.15, -0.1) is 21.5 Å². The molecule has 0 atom stereocenters. The molecule has 0 radical (unpaired) electrons. The molecule has 24 heavy (non-hydrogen) atoms. The van der Waals surface area contributed by atoms with Crippen LogP contribution in [0.1, 0.15) is 25.3 Å². The van der Waals surface area contributed by atoms with Gasteiger partial charge in [0.25, 0.3) is 11.1 Å². The smallest absolute Gasteiger partial charge is 0.277 e. The summed E-state index contributed by atoms with van der Waals surface area (Å²) in [6, 6.07) is 11.7. The second-order valence-electron chi connectivity index (χ2n) is 5.47. The standard InChI is InChI=1S/C17H17N3O2S2/c1-11(2)12-5-3-6-13(9-12)18-15(21)10-24-17-20-19-16(22-17)14-7-4-8-23-14/h3-9,11H,10H2,1-2H3,(H,18,21). The van der Waals surface area contributed by atoms with Crippen LogP contribution in [-0.4, -0.2) is 21.9 Å². The van der Waals surface area contributed by atoms with E-state index in [9.17, 15) is 4.79 Å². The third-order valence-corrected chi connectivity index (χ3v) is 4.98. The second kappa shape index (κ2) is 7.63. The van der Waals surface area contributed by atoms with Crippen molar-refractivity contribution in [1.82, 2.24) is 10.2 Å². The molecular formula is C17H17N3O2S2. The highest BCUT2D eigenvalue weighted by Crippen LogP contribution is 2.26. The Hall–Kier alpha value is -2.12. The lowest BCUT2D eigenvalue weighted by atomic mass is 10.0. The highest BCUT2D eigenvalue weighted by molar-refractivity contribution is 7.99. The van der Waals surface area contributed by atoms with Crippen molar-refractivity contribution in [3.05, 3.63) is 47.3 Å². The Labute approximate surface area is 148 Å². The average molecular weight is 359 g/mol. The second-order valence-corrected chi connectivity index (χ2v) is 7.34. The van der Waals surface area contributed by atoms with Crippen molar-refractivity contribution >= 4 is 34.7 Å². The Kier molecular flexibility index (Phi) is 5.32. The molecule has 2 heterocycles. The Morgan fingerprint density at radius 3 is 2.92 bits per heavy atom. The van der Waals surface area contributed by atoms with Crippen LogP contribution in [-0.2, 0) is 4.79 Å². The molecule has 1 N–H and O–H groups in total. The first-order chi connectivity index (χ1) is 11.6. The minimum absolute atomic E-state index is 0.100. The SMILES string of the molecule is CC(C)c1cccc(NC(=O)CSc2nnc(-c3cccs3)o2)c1. The van der Waals surface area contributed by atoms with Gasteiger partial charge in [0.2, 0.25) is 5.91 Å². The highest BCUT2D eigenvalue weighted by Gasteiger charge is 2.12. The topological polar surface area (TPSA) is 68.0 Å². The molecule has 0 aliphatic rings. The van der Waals surface area contributed by atoms with E-state index in [4.69, 9.17) is 4.42 Å². The number of nitrogens with zero attached hydrogens (tertiary/aromatic N) is 2. The fourth-order valence-electron chi connectivity index (χ4n) is 2.07. The lowest BCUT2D eigenvalue weighted by Gasteiger charge is -2.09. The van der Waals surface area contributed by atoms with E-state index in [0.29, 0.717) is 17.0 Å². The fourth-order valence-corrected chi connectivity index (χ4v) is 3.28. The third kappa shape index (κ3) is 4.24. The zero-order valence-corrected chi connectivity index (χ0v) is 15.0. The van der Waals surface area contributed by atoms with Crippen LogP contribution in [0.2, 0.25) is 0 Å². The molecule has 0 spiro atoms. The van der Waals surface area contributed by atoms with Crippen molar-refractivity contribution in [2.75, 3.05) is 11.1 Å². The molecule has 1 aromatic carbocycles. The van der Waals surface area contributed by atoms with Gasteiger partial charge < -0.3 is 9.73 Å². The van der Waals surface area contributed by atoms with E-state index in [1.165, 1.54) is 28.7 Å². The number of rotatable bonds is 6. The first-order valence-electron chi connectivity index (χ1n) is 7.52. The number of thiophene rings is 1. The lowest BCUT2D eigenvalue weighted by molar-refractivity contribution is -0.113. The Morgan fingerprint density at radius 2 is 2.17 bits per heavy atom. The number of carbonyl (C=O) groups is 1. The van der Waals surface area contributed by atoms with E-state index in [1.807, 2.05) is 35.7 Å². The van der Waals surface area contributed by atoms with Crippen molar-refractivity contribution in [3.63, 3.8) is 0 Å². The maximum absolute atomic E-state index is 12.1. The molecule has 7 heteroatoms. The van der Waals surface area contributed by atoms with E-state index >= 15 is 0 Å². The summed E-state index contributed by atoms with van der Waals surface area (Å²) in [5.74, 6) is 1.03. The monoisotopic (exact) mass is 359 g/mol. The normalized spacial score (nSPS) is 11.0. The molecule has 0 fully saturated rings. The van der Waals surface area contributed by atoms with Crippen LogP contribution in [0.25, 0.3) is 10.8 Å². The van der Waals surface area contributed by atoms with Crippen molar-refractivity contribution in [3.8, 4) is 10.8 Å². The summed E-state index contributed by atoms with van der Waals surface area (Å²) in [4.78, 5) is 13.0. The molecule has 0 aliphatic heterocycles. The number of thioether (sulfide) groups is 1. The van der Waals surface area contributed by atoms with Gasteiger partial charge in [0.15, 0.2) is 0 Å². The van der Waals surface area contributed by atoms with Crippen LogP contribution in [0.4, 0.5) is 5.69 Å². The van der Waals surface area contributed by atoms with Crippen LogP contribution >= 0.6 is 23.1 Å². The summed E-state index contributed by atoms with van der Waals surface area (Å²) in [6.45, 7) is 4.25. The van der Waals surface area contributed by atoms with Crippen LogP contribution in [0.15, 0.2) is 51.4 Å². The van der Waals surface area contributed by atoms with Crippen molar-refractivity contribution in [2.45, 2.75) is 25.0 Å². The van der Waals surface area contributed by atoms with Gasteiger partial charge in [-0.1, -0.05) is 43.8 Å². The van der Waals surface area contributed by atoms with Gasteiger partial charge >= 0.3 is 0 Å². The number of nitrogens with one attached hydrogen (secondary N) is 1. The first kappa shape index (κ1) is 16.7. The van der Waals surface area contributed by atoms with Gasteiger partial charge in [0, 0.05) is 5.69 Å². The molecule has 2 aromatic heterocycles. The molecule has 1 amide bonds. The predicted octanol–water partition coefficient (Wildman–Crippen LogP) is 4.65. The number of hydrogen-bond acceptors (Lipinski definition) is 6. The minimum atomic E-state index is -0.100. The van der Waals surface area contributed by atoms with Crippen molar-refractivity contribution < 1.29 is 9.21 Å². The zero-order chi connectivity index (χ0) is 16.9. The number of benzene rings is 1. The summed E-state index contributed by atoms with van der Waals surface area (Å²) < 4.78 is 5.55. The Bertz CT molecular complexity index is 813. The quantitative estimate of drug-likeness (QED) is 0.649. The van der Waals surface area contributed by atoms with Gasteiger partial charge in [0.1, 0.15) is 0 Å². The zero-order valence-electron chi connectivity index (χ0n) is 13.4. The highest BCUT2D eigenvalue weighted by atomic mass is 32.2. The number of aromatic nitrogens is 2. The third-order valence-electron chi connectivity index (χ3n) is 3.30. The fraction of sp³-hybridized carbons (Fsp3) is 0.235. The van der Waals surface area contributed by atoms with Gasteiger partial charge in [-0.3, -0.25) is 4.79 Å². The van der Waals surface area contributed by atoms with E-state index in [1.54, 1.807) is 0 Å². The lowest BCUT2D eigenvalue weighted by Crippen LogP contribution is -2.14. The average Bonchev–Trinajstić information content (AvgIpc) is 3.24. The summed E-state index contributed by atoms with van der Waals surface area (Å²) in [5.41, 5.74) is 1.99. The maximum Gasteiger partial charge on any atom is 0.277 e. The van der Waals surface area contributed by atoms with Crippen molar-refractivity contribution in [2.24, 2.45) is 0 Å². The molecule has 3 rings (SSSR count). The van der Waals surface area contributed by atoms with Crippen LogP contribution in [0, 0.1) is 0 Å². The molecule has 124 valence electrons.